The van der Waals surface area contributed by atoms with Gasteiger partial charge in [0.1, 0.15) is 12.3 Å². The Hall–Kier alpha value is -2.37. The van der Waals surface area contributed by atoms with Crippen LogP contribution in [-0.2, 0) is 33.3 Å². The number of hydrogen-bond acceptors (Lipinski definition) is 9. The molecule has 1 N–H and O–H groups in total. The van der Waals surface area contributed by atoms with Crippen molar-refractivity contribution < 1.29 is 52.0 Å². The van der Waals surface area contributed by atoms with Gasteiger partial charge in [0, 0.05) is 23.7 Å². The number of esters is 1. The number of allylic oxidation sites excluding steroid dienone is 4. The van der Waals surface area contributed by atoms with E-state index in [4.69, 9.17) is 23.7 Å². The van der Waals surface area contributed by atoms with Crippen molar-refractivity contribution in [2.75, 3.05) is 6.61 Å². The van der Waals surface area contributed by atoms with Crippen LogP contribution in [0.2, 0.25) is 0 Å². The van der Waals surface area contributed by atoms with Gasteiger partial charge in [-0.1, -0.05) is 26.3 Å². The fraction of sp³-hybridized carbons (Fsp3) is 0.759. The maximum absolute atomic E-state index is 17.5. The van der Waals surface area contributed by atoms with Gasteiger partial charge in [-0.05, 0) is 63.2 Å². The van der Waals surface area contributed by atoms with E-state index in [-0.39, 0.29) is 31.4 Å². The molecular weight excluding hydrogens is 530 g/mol. The van der Waals surface area contributed by atoms with E-state index in [0.717, 1.165) is 6.08 Å². The van der Waals surface area contributed by atoms with E-state index < -0.39 is 82.8 Å². The van der Waals surface area contributed by atoms with Gasteiger partial charge in [-0.25, -0.2) is 18.4 Å². The monoisotopic (exact) mass is 568 g/mol. The fourth-order valence-corrected chi connectivity index (χ4v) is 8.28. The Bertz CT molecular complexity index is 1140. The third-order valence-corrected chi connectivity index (χ3v) is 10.0. The summed E-state index contributed by atoms with van der Waals surface area (Å²) >= 11 is 0. The van der Waals surface area contributed by atoms with Crippen LogP contribution in [0.25, 0.3) is 0 Å². The maximum Gasteiger partial charge on any atom is 0.511 e. The van der Waals surface area contributed by atoms with Crippen LogP contribution < -0.4 is 0 Å². The Labute approximate surface area is 232 Å². The molecule has 0 aromatic rings. The molecule has 4 aliphatic carbocycles. The van der Waals surface area contributed by atoms with Crippen molar-refractivity contribution in [3.63, 3.8) is 0 Å². The molecule has 0 spiro atoms. The second kappa shape index (κ2) is 9.87. The van der Waals surface area contributed by atoms with Crippen molar-refractivity contribution in [1.29, 1.82) is 0 Å². The van der Waals surface area contributed by atoms with Crippen LogP contribution in [0.15, 0.2) is 23.8 Å². The molecule has 11 atom stereocenters. The third kappa shape index (κ3) is 3.83. The third-order valence-electron chi connectivity index (χ3n) is 10.0. The summed E-state index contributed by atoms with van der Waals surface area (Å²) < 4.78 is 61.1. The predicted octanol–water partition coefficient (Wildman–Crippen LogP) is 4.26. The lowest BCUT2D eigenvalue weighted by Gasteiger charge is -2.62. The molecule has 0 amide bonds. The van der Waals surface area contributed by atoms with Gasteiger partial charge < -0.3 is 28.8 Å². The zero-order chi connectivity index (χ0) is 29.3. The number of rotatable bonds is 6. The average Bonchev–Trinajstić information content (AvgIpc) is 3.35. The van der Waals surface area contributed by atoms with Crippen molar-refractivity contribution in [2.45, 2.75) is 109 Å². The Morgan fingerprint density at radius 1 is 1.20 bits per heavy atom. The lowest BCUT2D eigenvalue weighted by Crippen LogP contribution is -2.71. The fourth-order valence-electron chi connectivity index (χ4n) is 8.28. The number of carbonyl (C=O) groups is 3. The van der Waals surface area contributed by atoms with Crippen molar-refractivity contribution in [3.8, 4) is 0 Å². The van der Waals surface area contributed by atoms with Gasteiger partial charge in [0.15, 0.2) is 23.3 Å². The molecule has 5 rings (SSSR count). The zero-order valence-corrected chi connectivity index (χ0v) is 23.5. The summed E-state index contributed by atoms with van der Waals surface area (Å²) in [6, 6.07) is 0. The molecule has 11 heteroatoms. The highest BCUT2D eigenvalue weighted by Gasteiger charge is 2.81. The summed E-state index contributed by atoms with van der Waals surface area (Å²) in [6.07, 6.45) is -2.56. The molecular formula is C29H38F2O9. The van der Waals surface area contributed by atoms with Crippen molar-refractivity contribution in [2.24, 2.45) is 22.7 Å². The number of carbonyl (C=O) groups excluding carboxylic acids is 3. The first kappa shape index (κ1) is 29.1. The molecule has 1 unspecified atom stereocenters. The number of aliphatic hydroxyl groups excluding tert-OH is 1. The molecule has 4 fully saturated rings. The molecule has 222 valence electrons. The first-order valence-corrected chi connectivity index (χ1v) is 14.1. The summed E-state index contributed by atoms with van der Waals surface area (Å²) in [6.45, 7) is 8.22. The first-order chi connectivity index (χ1) is 18.8. The molecule has 0 aromatic carbocycles. The molecule has 5 aliphatic rings. The first-order valence-electron chi connectivity index (χ1n) is 14.1. The Balaban J connectivity index is 1.53. The quantitative estimate of drug-likeness (QED) is 0.371. The molecule has 9 nitrogen and oxygen atoms in total. The maximum atomic E-state index is 17.5. The lowest BCUT2D eigenvalue weighted by atomic mass is 9.44. The van der Waals surface area contributed by atoms with E-state index in [2.05, 4.69) is 0 Å². The number of halogens is 2. The summed E-state index contributed by atoms with van der Waals surface area (Å²) in [7, 11) is 0. The molecule has 0 radical (unpaired) electrons. The number of hydrogen-bond donors (Lipinski definition) is 1. The van der Waals surface area contributed by atoms with Gasteiger partial charge in [0.05, 0.1) is 12.7 Å². The standard InChI is InChI=1S/C29H38F2O9/c1-6-8-23-39-22-13-17-18-12-20(30)19-11-16(32)9-10-26(19,4)28(18,31)21(33)14-27(17,5)29(22,40-23)24(34)37-15(3)38-25(35)36-7-2/h9-11,15,17-18,20-23,33H,6-8,12-14H2,1-5H3/t15-,17+,18+,20+,21+,22-,23-,26+,27+,28?,29+/m1/s1. The van der Waals surface area contributed by atoms with E-state index in [1.807, 2.05) is 6.92 Å². The highest BCUT2D eigenvalue weighted by atomic mass is 19.1. The number of fused-ring (bicyclic) bond motifs is 7. The number of ketones is 1. The number of alkyl halides is 2. The molecule has 40 heavy (non-hydrogen) atoms. The van der Waals surface area contributed by atoms with Crippen molar-refractivity contribution >= 4 is 17.9 Å². The van der Waals surface area contributed by atoms with Gasteiger partial charge in [-0.2, -0.15) is 0 Å². The predicted molar refractivity (Wildman–Crippen MR) is 135 cm³/mol. The van der Waals surface area contributed by atoms with Gasteiger partial charge >= 0.3 is 12.1 Å². The van der Waals surface area contributed by atoms with Gasteiger partial charge in [-0.3, -0.25) is 4.79 Å². The van der Waals surface area contributed by atoms with E-state index >= 15 is 8.78 Å². The molecule has 0 bridgehead atoms. The summed E-state index contributed by atoms with van der Waals surface area (Å²) in [4.78, 5) is 37.9. The van der Waals surface area contributed by atoms with E-state index in [9.17, 15) is 19.5 Å². The lowest BCUT2D eigenvalue weighted by molar-refractivity contribution is -0.247. The minimum absolute atomic E-state index is 0.0224. The van der Waals surface area contributed by atoms with Crippen LogP contribution in [0.1, 0.15) is 66.7 Å². The van der Waals surface area contributed by atoms with Crippen molar-refractivity contribution in [1.82, 2.24) is 0 Å². The van der Waals surface area contributed by atoms with E-state index in [1.165, 1.54) is 26.0 Å². The van der Waals surface area contributed by atoms with Crippen LogP contribution in [0, 0.1) is 22.7 Å². The van der Waals surface area contributed by atoms with E-state index in [0.29, 0.717) is 12.8 Å². The Kier molecular flexibility index (Phi) is 7.19. The summed E-state index contributed by atoms with van der Waals surface area (Å²) in [5.41, 5.74) is -6.81. The highest BCUT2D eigenvalue weighted by Crippen LogP contribution is 2.72. The van der Waals surface area contributed by atoms with Crippen LogP contribution in [0.3, 0.4) is 0 Å². The molecule has 1 saturated heterocycles. The Morgan fingerprint density at radius 2 is 1.93 bits per heavy atom. The summed E-state index contributed by atoms with van der Waals surface area (Å²) in [5, 5.41) is 11.6. The smallest absolute Gasteiger partial charge is 0.435 e. The SMILES string of the molecule is CCC[C@@H]1O[C@@H]2C[C@H]3[C@@H]4C[C@H](F)C5=CC(=O)C=C[C@]5(C)C4(F)[C@@H](O)C[C@]3(C)[C@]2(C(=O)O[C@@H](C)OC(=O)OCC)O1. The molecule has 1 heterocycles. The number of aliphatic hydroxyl groups is 1. The van der Waals surface area contributed by atoms with Crippen LogP contribution in [0.4, 0.5) is 13.6 Å². The largest absolute Gasteiger partial charge is 0.511 e. The minimum Gasteiger partial charge on any atom is -0.435 e. The number of ether oxygens (including phenoxy) is 5. The summed E-state index contributed by atoms with van der Waals surface area (Å²) in [5.74, 6) is -2.94. The van der Waals surface area contributed by atoms with Crippen molar-refractivity contribution in [3.05, 3.63) is 23.8 Å². The van der Waals surface area contributed by atoms with Gasteiger partial charge in [0.25, 0.3) is 0 Å². The second-order valence-electron chi connectivity index (χ2n) is 12.1. The van der Waals surface area contributed by atoms with Crippen LogP contribution in [0.5, 0.6) is 0 Å². The molecule has 0 aromatic heterocycles. The average molecular weight is 569 g/mol. The van der Waals surface area contributed by atoms with Gasteiger partial charge in [0.2, 0.25) is 6.29 Å². The normalized spacial score (nSPS) is 45.9. The van der Waals surface area contributed by atoms with Gasteiger partial charge in [-0.15, -0.1) is 0 Å². The van der Waals surface area contributed by atoms with Crippen LogP contribution in [-0.4, -0.2) is 71.9 Å². The van der Waals surface area contributed by atoms with Crippen LogP contribution >= 0.6 is 0 Å². The highest BCUT2D eigenvalue weighted by molar-refractivity contribution is 6.01. The second-order valence-corrected chi connectivity index (χ2v) is 12.1. The Morgan fingerprint density at radius 3 is 2.60 bits per heavy atom. The zero-order valence-electron chi connectivity index (χ0n) is 23.5. The van der Waals surface area contributed by atoms with E-state index in [1.54, 1.807) is 13.8 Å². The minimum atomic E-state index is -2.31. The molecule has 3 saturated carbocycles. The molecule has 1 aliphatic heterocycles. The topological polar surface area (TPSA) is 118 Å².